The van der Waals surface area contributed by atoms with Gasteiger partial charge < -0.3 is 9.47 Å². The van der Waals surface area contributed by atoms with Gasteiger partial charge in [-0.05, 0) is 36.0 Å². The van der Waals surface area contributed by atoms with E-state index < -0.39 is 36.1 Å². The summed E-state index contributed by atoms with van der Waals surface area (Å²) in [5.41, 5.74) is 2.91. The summed E-state index contributed by atoms with van der Waals surface area (Å²) < 4.78 is 10.5. The van der Waals surface area contributed by atoms with Gasteiger partial charge in [0.05, 0.1) is 18.0 Å². The van der Waals surface area contributed by atoms with Crippen molar-refractivity contribution in [3.63, 3.8) is 0 Å². The minimum Gasteiger partial charge on any atom is -0.447 e. The number of cyclic esters (lactones) is 2. The number of nitrogens with zero attached hydrogens (tertiary/aromatic N) is 2. The average molecular weight is 553 g/mol. The van der Waals surface area contributed by atoms with Crippen molar-refractivity contribution in [3.05, 3.63) is 120 Å². The standard InChI is InChI=1S/C33H32N2O6/c36-30(34-28(22-40-32(34)38)20-25-13-6-2-7-14-25)18-10-17-27(19-24-11-4-1-5-12-24)31(37)35-29(23-41-33(35)39)21-26-15-8-3-9-16-26/h1-17,27-29H,18-23H2/t27-,28+,29+/m1/s1. The van der Waals surface area contributed by atoms with Gasteiger partial charge in [-0.2, -0.15) is 0 Å². The first-order valence-electron chi connectivity index (χ1n) is 13.8. The highest BCUT2D eigenvalue weighted by atomic mass is 16.6. The number of hydrogen-bond acceptors (Lipinski definition) is 6. The molecule has 0 spiro atoms. The topological polar surface area (TPSA) is 93.2 Å². The monoisotopic (exact) mass is 552 g/mol. The molecule has 0 unspecified atom stereocenters. The van der Waals surface area contributed by atoms with Crippen molar-refractivity contribution >= 4 is 24.0 Å². The molecule has 0 aliphatic carbocycles. The summed E-state index contributed by atoms with van der Waals surface area (Å²) in [6, 6.07) is 27.9. The Kier molecular flexibility index (Phi) is 8.89. The highest BCUT2D eigenvalue weighted by Crippen LogP contribution is 2.24. The summed E-state index contributed by atoms with van der Waals surface area (Å²) in [6.45, 7) is 0.262. The van der Waals surface area contributed by atoms with Gasteiger partial charge in [0.25, 0.3) is 0 Å². The highest BCUT2D eigenvalue weighted by Gasteiger charge is 2.40. The van der Waals surface area contributed by atoms with Crippen LogP contribution in [-0.4, -0.2) is 59.1 Å². The van der Waals surface area contributed by atoms with Gasteiger partial charge in [-0.25, -0.2) is 19.4 Å². The van der Waals surface area contributed by atoms with Crippen molar-refractivity contribution in [3.8, 4) is 0 Å². The number of imide groups is 2. The Morgan fingerprint density at radius 3 is 1.71 bits per heavy atom. The Morgan fingerprint density at radius 2 is 1.17 bits per heavy atom. The van der Waals surface area contributed by atoms with E-state index in [4.69, 9.17) is 9.47 Å². The van der Waals surface area contributed by atoms with E-state index in [0.29, 0.717) is 19.3 Å². The largest absolute Gasteiger partial charge is 0.447 e. The summed E-state index contributed by atoms with van der Waals surface area (Å²) in [6.07, 6.45) is 3.17. The lowest BCUT2D eigenvalue weighted by Crippen LogP contribution is -2.43. The van der Waals surface area contributed by atoms with Crippen LogP contribution in [0.5, 0.6) is 0 Å². The number of benzene rings is 3. The summed E-state index contributed by atoms with van der Waals surface area (Å²) in [4.78, 5) is 54.4. The SMILES string of the molecule is O=C(CC=C[C@H](Cc1ccccc1)C(=O)N1C(=O)OC[C@@H]1Cc1ccccc1)N1C(=O)OC[C@@H]1Cc1ccccc1. The Hall–Kier alpha value is -4.72. The first kappa shape index (κ1) is 27.8. The molecule has 8 nitrogen and oxygen atoms in total. The first-order chi connectivity index (χ1) is 20.0. The van der Waals surface area contributed by atoms with Crippen LogP contribution in [0.4, 0.5) is 9.59 Å². The predicted molar refractivity (Wildman–Crippen MR) is 152 cm³/mol. The van der Waals surface area contributed by atoms with E-state index in [1.807, 2.05) is 91.0 Å². The number of amides is 4. The molecule has 5 rings (SSSR count). The average Bonchev–Trinajstić information content (AvgIpc) is 3.54. The third kappa shape index (κ3) is 6.90. The number of carbonyl (C=O) groups excluding carboxylic acids is 4. The molecule has 4 amide bonds. The molecule has 2 fully saturated rings. The van der Waals surface area contributed by atoms with E-state index in [1.54, 1.807) is 12.2 Å². The molecule has 0 saturated carbocycles. The molecule has 8 heteroatoms. The molecule has 3 aromatic rings. The molecule has 2 heterocycles. The molecule has 2 aliphatic rings. The van der Waals surface area contributed by atoms with Gasteiger partial charge in [-0.3, -0.25) is 9.59 Å². The van der Waals surface area contributed by atoms with Gasteiger partial charge in [0.2, 0.25) is 11.8 Å². The normalized spacial score (nSPS) is 19.3. The van der Waals surface area contributed by atoms with Crippen molar-refractivity contribution in [2.45, 2.75) is 37.8 Å². The van der Waals surface area contributed by atoms with Crippen LogP contribution in [-0.2, 0) is 38.3 Å². The van der Waals surface area contributed by atoms with Crippen LogP contribution < -0.4 is 0 Å². The smallest absolute Gasteiger partial charge is 0.417 e. The minimum atomic E-state index is -0.709. The molecule has 41 heavy (non-hydrogen) atoms. The van der Waals surface area contributed by atoms with Gasteiger partial charge in [-0.15, -0.1) is 0 Å². The number of carbonyl (C=O) groups is 4. The van der Waals surface area contributed by atoms with Crippen molar-refractivity contribution in [1.82, 2.24) is 9.80 Å². The van der Waals surface area contributed by atoms with E-state index in [9.17, 15) is 19.2 Å². The lowest BCUT2D eigenvalue weighted by Gasteiger charge is -2.24. The molecule has 0 radical (unpaired) electrons. The zero-order chi connectivity index (χ0) is 28.6. The maximum atomic E-state index is 13.8. The maximum Gasteiger partial charge on any atom is 0.417 e. The molecule has 3 aromatic carbocycles. The summed E-state index contributed by atoms with van der Waals surface area (Å²) in [5.74, 6) is -1.50. The Bertz CT molecular complexity index is 1390. The molecule has 3 atom stereocenters. The zero-order valence-corrected chi connectivity index (χ0v) is 22.6. The predicted octanol–water partition coefficient (Wildman–Crippen LogP) is 4.97. The zero-order valence-electron chi connectivity index (χ0n) is 22.6. The van der Waals surface area contributed by atoms with Crippen molar-refractivity contribution in [2.24, 2.45) is 5.92 Å². The molecule has 2 saturated heterocycles. The minimum absolute atomic E-state index is 0.0865. The Morgan fingerprint density at radius 1 is 0.707 bits per heavy atom. The maximum absolute atomic E-state index is 13.8. The van der Waals surface area contributed by atoms with Gasteiger partial charge in [-0.1, -0.05) is 103 Å². The van der Waals surface area contributed by atoms with E-state index in [0.717, 1.165) is 16.7 Å². The van der Waals surface area contributed by atoms with Crippen molar-refractivity contribution in [1.29, 1.82) is 0 Å². The second-order valence-corrected chi connectivity index (χ2v) is 10.2. The van der Waals surface area contributed by atoms with Crippen LogP contribution in [0.2, 0.25) is 0 Å². The Balaban J connectivity index is 1.30. The van der Waals surface area contributed by atoms with Crippen LogP contribution >= 0.6 is 0 Å². The molecule has 0 N–H and O–H groups in total. The third-order valence-electron chi connectivity index (χ3n) is 7.33. The van der Waals surface area contributed by atoms with E-state index in [1.165, 1.54) is 9.80 Å². The van der Waals surface area contributed by atoms with E-state index in [2.05, 4.69) is 0 Å². The van der Waals surface area contributed by atoms with Crippen LogP contribution in [0.25, 0.3) is 0 Å². The molecular weight excluding hydrogens is 520 g/mol. The van der Waals surface area contributed by atoms with Crippen LogP contribution in [0.15, 0.2) is 103 Å². The van der Waals surface area contributed by atoms with E-state index in [-0.39, 0.29) is 25.5 Å². The molecule has 0 bridgehead atoms. The number of hydrogen-bond donors (Lipinski definition) is 0. The van der Waals surface area contributed by atoms with Crippen LogP contribution in [0.1, 0.15) is 23.1 Å². The molecule has 0 aromatic heterocycles. The molecule has 210 valence electrons. The highest BCUT2D eigenvalue weighted by molar-refractivity contribution is 5.96. The Labute approximate surface area is 239 Å². The van der Waals surface area contributed by atoms with Crippen LogP contribution in [0, 0.1) is 5.92 Å². The first-order valence-corrected chi connectivity index (χ1v) is 13.8. The van der Waals surface area contributed by atoms with Gasteiger partial charge in [0.1, 0.15) is 13.2 Å². The second-order valence-electron chi connectivity index (χ2n) is 10.2. The quantitative estimate of drug-likeness (QED) is 0.330. The fourth-order valence-electron chi connectivity index (χ4n) is 5.29. The number of rotatable bonds is 10. The van der Waals surface area contributed by atoms with Crippen LogP contribution in [0.3, 0.4) is 0 Å². The molecular formula is C33H32N2O6. The second kappa shape index (κ2) is 13.1. The molecule has 2 aliphatic heterocycles. The van der Waals surface area contributed by atoms with E-state index >= 15 is 0 Å². The summed E-state index contributed by atoms with van der Waals surface area (Å²) >= 11 is 0. The fraction of sp³-hybridized carbons (Fsp3) is 0.273. The van der Waals surface area contributed by atoms with Crippen molar-refractivity contribution in [2.75, 3.05) is 13.2 Å². The third-order valence-corrected chi connectivity index (χ3v) is 7.33. The van der Waals surface area contributed by atoms with Gasteiger partial charge >= 0.3 is 12.2 Å². The van der Waals surface area contributed by atoms with Crippen molar-refractivity contribution < 1.29 is 28.7 Å². The van der Waals surface area contributed by atoms with Gasteiger partial charge in [0.15, 0.2) is 0 Å². The lowest BCUT2D eigenvalue weighted by atomic mass is 9.95. The summed E-state index contributed by atoms with van der Waals surface area (Å²) in [5, 5.41) is 0. The number of ether oxygens (including phenoxy) is 2. The van der Waals surface area contributed by atoms with Gasteiger partial charge in [0, 0.05) is 6.42 Å². The fourth-order valence-corrected chi connectivity index (χ4v) is 5.29. The summed E-state index contributed by atoms with van der Waals surface area (Å²) in [7, 11) is 0. The lowest BCUT2D eigenvalue weighted by molar-refractivity contribution is -0.132.